The van der Waals surface area contributed by atoms with Gasteiger partial charge in [-0.2, -0.15) is 0 Å². The van der Waals surface area contributed by atoms with E-state index in [0.717, 1.165) is 13.0 Å². The van der Waals surface area contributed by atoms with E-state index in [9.17, 15) is 4.79 Å². The summed E-state index contributed by atoms with van der Waals surface area (Å²) in [6, 6.07) is 0.394. The molecule has 1 aliphatic heterocycles. The molecule has 1 atom stereocenters. The fraction of sp³-hybridized carbons (Fsp3) is 0.938. The average Bonchev–Trinajstić information content (AvgIpc) is 3.05. The molecule has 0 aromatic rings. The summed E-state index contributed by atoms with van der Waals surface area (Å²) in [4.78, 5) is 14.9. The van der Waals surface area contributed by atoms with Gasteiger partial charge in [-0.15, -0.1) is 0 Å². The Labute approximate surface area is 118 Å². The molecule has 0 aromatic carbocycles. The lowest BCUT2D eigenvalue weighted by molar-refractivity contribution is -0.143. The Kier molecular flexibility index (Phi) is 3.97. The smallest absolute Gasteiger partial charge is 0.225 e. The molecular weight excluding hydrogens is 236 g/mol. The van der Waals surface area contributed by atoms with Crippen LogP contribution in [0.15, 0.2) is 0 Å². The van der Waals surface area contributed by atoms with Gasteiger partial charge in [-0.1, -0.05) is 13.8 Å². The fourth-order valence-corrected chi connectivity index (χ4v) is 3.25. The van der Waals surface area contributed by atoms with Crippen molar-refractivity contribution >= 4 is 5.91 Å². The highest BCUT2D eigenvalue weighted by Gasteiger charge is 2.54. The maximum atomic E-state index is 12.6. The number of hydrogen-bond acceptors (Lipinski definition) is 2. The van der Waals surface area contributed by atoms with Crippen molar-refractivity contribution in [1.82, 2.24) is 10.2 Å². The van der Waals surface area contributed by atoms with Crippen LogP contribution in [-0.4, -0.2) is 34.5 Å². The molecule has 3 nitrogen and oxygen atoms in total. The van der Waals surface area contributed by atoms with Gasteiger partial charge in [-0.05, 0) is 52.9 Å². The molecule has 2 fully saturated rings. The molecule has 1 amide bonds. The fourth-order valence-electron chi connectivity index (χ4n) is 3.25. The van der Waals surface area contributed by atoms with Crippen LogP contribution in [0.25, 0.3) is 0 Å². The third kappa shape index (κ3) is 3.31. The van der Waals surface area contributed by atoms with Gasteiger partial charge in [0.15, 0.2) is 0 Å². The zero-order chi connectivity index (χ0) is 14.3. The van der Waals surface area contributed by atoms with Crippen LogP contribution < -0.4 is 5.32 Å². The minimum Gasteiger partial charge on any atom is -0.333 e. The first-order valence-corrected chi connectivity index (χ1v) is 7.83. The molecule has 2 rings (SSSR count). The van der Waals surface area contributed by atoms with E-state index in [1.165, 1.54) is 25.7 Å². The predicted molar refractivity (Wildman–Crippen MR) is 79.0 cm³/mol. The second kappa shape index (κ2) is 5.08. The molecular formula is C16H30N2O. The highest BCUT2D eigenvalue weighted by molar-refractivity contribution is 5.80. The summed E-state index contributed by atoms with van der Waals surface area (Å²) in [5.41, 5.74) is 0.366. The van der Waals surface area contributed by atoms with Gasteiger partial charge in [-0.3, -0.25) is 4.79 Å². The Bertz CT molecular complexity index is 339. The van der Waals surface area contributed by atoms with Crippen LogP contribution in [0.1, 0.15) is 66.7 Å². The number of carbonyl (C=O) groups excluding carboxylic acids is 1. The van der Waals surface area contributed by atoms with Crippen molar-refractivity contribution < 1.29 is 4.79 Å². The van der Waals surface area contributed by atoms with Gasteiger partial charge in [0.2, 0.25) is 5.91 Å². The van der Waals surface area contributed by atoms with Crippen molar-refractivity contribution in [3.8, 4) is 0 Å². The van der Waals surface area contributed by atoms with Gasteiger partial charge in [-0.25, -0.2) is 0 Å². The van der Waals surface area contributed by atoms with E-state index in [-0.39, 0.29) is 17.0 Å². The topological polar surface area (TPSA) is 32.3 Å². The molecule has 0 radical (unpaired) electrons. The molecule has 1 N–H and O–H groups in total. The quantitative estimate of drug-likeness (QED) is 0.852. The summed E-state index contributed by atoms with van der Waals surface area (Å²) >= 11 is 0. The van der Waals surface area contributed by atoms with Crippen LogP contribution >= 0.6 is 0 Å². The van der Waals surface area contributed by atoms with Crippen molar-refractivity contribution in [1.29, 1.82) is 0 Å². The van der Waals surface area contributed by atoms with E-state index in [2.05, 4.69) is 31.0 Å². The molecule has 3 heteroatoms. The van der Waals surface area contributed by atoms with Crippen LogP contribution in [-0.2, 0) is 4.79 Å². The van der Waals surface area contributed by atoms with Crippen molar-refractivity contribution in [2.24, 2.45) is 5.92 Å². The summed E-state index contributed by atoms with van der Waals surface area (Å²) in [5.74, 6) is 0.477. The lowest BCUT2D eigenvalue weighted by atomic mass is 9.91. The molecule has 0 bridgehead atoms. The van der Waals surface area contributed by atoms with Crippen LogP contribution in [0.2, 0.25) is 0 Å². The number of amides is 1. The second-order valence-corrected chi connectivity index (χ2v) is 7.76. The number of nitrogens with zero attached hydrogens (tertiary/aromatic N) is 1. The van der Waals surface area contributed by atoms with E-state index >= 15 is 0 Å². The van der Waals surface area contributed by atoms with Gasteiger partial charge in [0.25, 0.3) is 0 Å². The average molecular weight is 266 g/mol. The van der Waals surface area contributed by atoms with Gasteiger partial charge >= 0.3 is 0 Å². The minimum atomic E-state index is 0.118. The summed E-state index contributed by atoms with van der Waals surface area (Å²) in [6.07, 6.45) is 6.09. The van der Waals surface area contributed by atoms with E-state index in [0.29, 0.717) is 11.9 Å². The molecule has 2 aliphatic rings. The molecule has 1 heterocycles. The number of rotatable bonds is 3. The van der Waals surface area contributed by atoms with E-state index in [1.54, 1.807) is 0 Å². The molecule has 1 unspecified atom stereocenters. The zero-order valence-corrected chi connectivity index (χ0v) is 13.3. The first-order valence-electron chi connectivity index (χ1n) is 7.83. The number of piperidine rings is 1. The summed E-state index contributed by atoms with van der Waals surface area (Å²) in [6.45, 7) is 11.6. The second-order valence-electron chi connectivity index (χ2n) is 7.76. The van der Waals surface area contributed by atoms with E-state index in [4.69, 9.17) is 0 Å². The van der Waals surface area contributed by atoms with Crippen LogP contribution in [0.4, 0.5) is 0 Å². The summed E-state index contributed by atoms with van der Waals surface area (Å²) in [7, 11) is 0. The molecule has 0 aromatic heterocycles. The molecule has 1 saturated heterocycles. The van der Waals surface area contributed by atoms with Crippen molar-refractivity contribution in [3.63, 3.8) is 0 Å². The Morgan fingerprint density at radius 3 is 2.42 bits per heavy atom. The van der Waals surface area contributed by atoms with Crippen LogP contribution in [0.3, 0.4) is 0 Å². The number of hydrogen-bond donors (Lipinski definition) is 1. The Morgan fingerprint density at radius 1 is 1.32 bits per heavy atom. The first-order chi connectivity index (χ1) is 8.75. The van der Waals surface area contributed by atoms with E-state index in [1.807, 2.05) is 13.8 Å². The third-order valence-corrected chi connectivity index (χ3v) is 4.48. The summed E-state index contributed by atoms with van der Waals surface area (Å²) in [5, 5.41) is 3.59. The highest BCUT2D eigenvalue weighted by atomic mass is 16.2. The molecule has 110 valence electrons. The maximum absolute atomic E-state index is 12.6. The largest absolute Gasteiger partial charge is 0.333 e. The summed E-state index contributed by atoms with van der Waals surface area (Å²) < 4.78 is 0. The molecule has 1 spiro atoms. The van der Waals surface area contributed by atoms with Crippen LogP contribution in [0.5, 0.6) is 0 Å². The molecule has 1 aliphatic carbocycles. The van der Waals surface area contributed by atoms with Gasteiger partial charge in [0.05, 0.1) is 0 Å². The number of likely N-dealkylation sites (tertiary alicyclic amines) is 1. The standard InChI is InChI=1S/C16H30N2O/c1-12(2)14(19)18-13(11-17-15(3,4)5)7-6-8-16(18)9-10-16/h12-13,17H,6-11H2,1-5H3. The van der Waals surface area contributed by atoms with Gasteiger partial charge in [0, 0.05) is 29.6 Å². The molecule has 1 saturated carbocycles. The van der Waals surface area contributed by atoms with Crippen molar-refractivity contribution in [2.45, 2.75) is 83.8 Å². The molecule has 19 heavy (non-hydrogen) atoms. The van der Waals surface area contributed by atoms with Gasteiger partial charge < -0.3 is 10.2 Å². The maximum Gasteiger partial charge on any atom is 0.225 e. The predicted octanol–water partition coefficient (Wildman–Crippen LogP) is 2.94. The van der Waals surface area contributed by atoms with E-state index < -0.39 is 0 Å². The minimum absolute atomic E-state index is 0.118. The highest BCUT2D eigenvalue weighted by Crippen LogP contribution is 2.50. The van der Waals surface area contributed by atoms with Gasteiger partial charge in [0.1, 0.15) is 0 Å². The Balaban J connectivity index is 2.08. The van der Waals surface area contributed by atoms with Crippen molar-refractivity contribution in [3.05, 3.63) is 0 Å². The van der Waals surface area contributed by atoms with Crippen molar-refractivity contribution in [2.75, 3.05) is 6.54 Å². The van der Waals surface area contributed by atoms with Crippen LogP contribution in [0, 0.1) is 5.92 Å². The zero-order valence-electron chi connectivity index (χ0n) is 13.3. The normalized spacial score (nSPS) is 26.0. The Morgan fingerprint density at radius 2 is 1.95 bits per heavy atom. The number of carbonyl (C=O) groups is 1. The number of nitrogens with one attached hydrogen (secondary N) is 1. The Hall–Kier alpha value is -0.570. The SMILES string of the molecule is CC(C)C(=O)N1C(CNC(C)(C)C)CCCC12CC2. The first kappa shape index (κ1) is 14.8. The lowest BCUT2D eigenvalue weighted by Crippen LogP contribution is -2.57. The third-order valence-electron chi connectivity index (χ3n) is 4.48. The lowest BCUT2D eigenvalue weighted by Gasteiger charge is -2.45. The monoisotopic (exact) mass is 266 g/mol.